The second-order valence-electron chi connectivity index (χ2n) is 6.33. The van der Waals surface area contributed by atoms with Gasteiger partial charge >= 0.3 is 0 Å². The van der Waals surface area contributed by atoms with Crippen LogP contribution in [0.2, 0.25) is 20.1 Å². The smallest absolute Gasteiger partial charge is 0.163 e. The van der Waals surface area contributed by atoms with Gasteiger partial charge in [-0.2, -0.15) is 0 Å². The van der Waals surface area contributed by atoms with Crippen LogP contribution < -0.4 is 14.8 Å². The van der Waals surface area contributed by atoms with E-state index < -0.39 is 5.82 Å². The predicted octanol–water partition coefficient (Wildman–Crippen LogP) is 8.03. The molecule has 0 atom stereocenters. The highest BCUT2D eigenvalue weighted by Crippen LogP contribution is 2.35. The summed E-state index contributed by atoms with van der Waals surface area (Å²) in [6.07, 6.45) is 0. The van der Waals surface area contributed by atoms with Crippen molar-refractivity contribution in [3.05, 3.63) is 85.6 Å². The first kappa shape index (κ1) is 22.8. The zero-order valence-corrected chi connectivity index (χ0v) is 19.0. The molecule has 8 heteroatoms. The van der Waals surface area contributed by atoms with Gasteiger partial charge in [0, 0.05) is 28.2 Å². The molecule has 0 aliphatic carbocycles. The molecule has 3 aromatic rings. The van der Waals surface area contributed by atoms with Crippen LogP contribution in [-0.4, -0.2) is 6.61 Å². The Bertz CT molecular complexity index is 1050. The molecule has 0 radical (unpaired) electrons. The Morgan fingerprint density at radius 3 is 2.27 bits per heavy atom. The SMILES string of the molecule is CCOc1cc(CNc2cc(Cl)ccc2Cl)c(Cl)cc1OCc1ccc(F)cc1Cl. The molecule has 0 amide bonds. The maximum atomic E-state index is 13.2. The van der Waals surface area contributed by atoms with Crippen molar-refractivity contribution in [1.29, 1.82) is 0 Å². The molecule has 3 rings (SSSR count). The largest absolute Gasteiger partial charge is 0.490 e. The number of halogens is 5. The van der Waals surface area contributed by atoms with Gasteiger partial charge in [-0.15, -0.1) is 0 Å². The van der Waals surface area contributed by atoms with Crippen molar-refractivity contribution in [1.82, 2.24) is 0 Å². The van der Waals surface area contributed by atoms with Crippen LogP contribution in [0.25, 0.3) is 0 Å². The fourth-order valence-corrected chi connectivity index (χ4v) is 3.51. The number of benzene rings is 3. The molecule has 0 fully saturated rings. The Kier molecular flexibility index (Phi) is 7.95. The number of hydrogen-bond donors (Lipinski definition) is 1. The fraction of sp³-hybridized carbons (Fsp3) is 0.182. The highest BCUT2D eigenvalue weighted by molar-refractivity contribution is 6.35. The zero-order chi connectivity index (χ0) is 21.7. The van der Waals surface area contributed by atoms with Crippen LogP contribution in [0, 0.1) is 5.82 Å². The van der Waals surface area contributed by atoms with Gasteiger partial charge in [-0.25, -0.2) is 4.39 Å². The Labute approximate surface area is 194 Å². The Morgan fingerprint density at radius 2 is 1.53 bits per heavy atom. The molecule has 1 N–H and O–H groups in total. The highest BCUT2D eigenvalue weighted by Gasteiger charge is 2.13. The molecule has 3 aromatic carbocycles. The lowest BCUT2D eigenvalue weighted by molar-refractivity contribution is 0.269. The van der Waals surface area contributed by atoms with Crippen LogP contribution in [-0.2, 0) is 13.2 Å². The first-order valence-corrected chi connectivity index (χ1v) is 10.6. The van der Waals surface area contributed by atoms with E-state index >= 15 is 0 Å². The predicted molar refractivity (Wildman–Crippen MR) is 122 cm³/mol. The van der Waals surface area contributed by atoms with Gasteiger partial charge in [0.2, 0.25) is 0 Å². The molecule has 0 aliphatic rings. The Morgan fingerprint density at radius 1 is 0.800 bits per heavy atom. The third-order valence-electron chi connectivity index (χ3n) is 4.21. The van der Waals surface area contributed by atoms with Gasteiger partial charge in [-0.3, -0.25) is 0 Å². The quantitative estimate of drug-likeness (QED) is 0.348. The first-order valence-electron chi connectivity index (χ1n) is 9.08. The minimum Gasteiger partial charge on any atom is -0.490 e. The number of anilines is 1. The normalized spacial score (nSPS) is 10.7. The highest BCUT2D eigenvalue weighted by atomic mass is 35.5. The second kappa shape index (κ2) is 10.5. The molecular formula is C22H18Cl4FNO2. The van der Waals surface area contributed by atoms with Gasteiger partial charge in [-0.1, -0.05) is 52.5 Å². The van der Waals surface area contributed by atoms with Crippen molar-refractivity contribution in [2.75, 3.05) is 11.9 Å². The third-order valence-corrected chi connectivity index (χ3v) is 5.48. The summed E-state index contributed by atoms with van der Waals surface area (Å²) < 4.78 is 24.8. The summed E-state index contributed by atoms with van der Waals surface area (Å²) in [5.41, 5.74) is 2.14. The van der Waals surface area contributed by atoms with Crippen LogP contribution in [0.3, 0.4) is 0 Å². The van der Waals surface area contributed by atoms with Crippen molar-refractivity contribution in [3.8, 4) is 11.5 Å². The van der Waals surface area contributed by atoms with Crippen molar-refractivity contribution in [3.63, 3.8) is 0 Å². The molecule has 0 saturated carbocycles. The van der Waals surface area contributed by atoms with Gasteiger partial charge in [0.05, 0.1) is 22.3 Å². The average Bonchev–Trinajstić information content (AvgIpc) is 2.70. The molecule has 0 saturated heterocycles. The summed E-state index contributed by atoms with van der Waals surface area (Å²) >= 11 is 24.8. The maximum Gasteiger partial charge on any atom is 0.163 e. The van der Waals surface area contributed by atoms with E-state index in [1.54, 1.807) is 36.4 Å². The van der Waals surface area contributed by atoms with Gasteiger partial charge in [-0.05, 0) is 48.9 Å². The molecule has 158 valence electrons. The van der Waals surface area contributed by atoms with E-state index in [4.69, 9.17) is 55.9 Å². The first-order chi connectivity index (χ1) is 14.4. The molecule has 0 aromatic heterocycles. The summed E-state index contributed by atoms with van der Waals surface area (Å²) in [6.45, 7) is 2.87. The van der Waals surface area contributed by atoms with Crippen LogP contribution in [0.5, 0.6) is 11.5 Å². The van der Waals surface area contributed by atoms with E-state index in [2.05, 4.69) is 5.32 Å². The lowest BCUT2D eigenvalue weighted by atomic mass is 10.2. The van der Waals surface area contributed by atoms with Crippen LogP contribution in [0.1, 0.15) is 18.1 Å². The average molecular weight is 489 g/mol. The minimum atomic E-state index is -0.404. The van der Waals surface area contributed by atoms with Crippen molar-refractivity contribution in [2.24, 2.45) is 0 Å². The lowest BCUT2D eigenvalue weighted by Crippen LogP contribution is -2.04. The summed E-state index contributed by atoms with van der Waals surface area (Å²) in [4.78, 5) is 0. The number of nitrogens with one attached hydrogen (secondary N) is 1. The maximum absolute atomic E-state index is 13.2. The van der Waals surface area contributed by atoms with E-state index in [0.29, 0.717) is 56.0 Å². The molecule has 30 heavy (non-hydrogen) atoms. The van der Waals surface area contributed by atoms with Crippen molar-refractivity contribution in [2.45, 2.75) is 20.1 Å². The lowest BCUT2D eigenvalue weighted by Gasteiger charge is -2.16. The third kappa shape index (κ3) is 5.86. The topological polar surface area (TPSA) is 30.5 Å². The van der Waals surface area contributed by atoms with E-state index in [1.165, 1.54) is 12.1 Å². The minimum absolute atomic E-state index is 0.144. The number of hydrogen-bond acceptors (Lipinski definition) is 3. The van der Waals surface area contributed by atoms with E-state index in [0.717, 1.165) is 5.56 Å². The van der Waals surface area contributed by atoms with Crippen LogP contribution in [0.4, 0.5) is 10.1 Å². The summed E-state index contributed by atoms with van der Waals surface area (Å²) in [5, 5.41) is 5.13. The molecular weight excluding hydrogens is 471 g/mol. The standard InChI is InChI=1S/C22H18Cl4FNO2/c1-2-29-21-7-14(11-28-20-8-15(23)4-6-17(20)24)19(26)10-22(21)30-12-13-3-5-16(27)9-18(13)25/h3-10,28H,2,11-12H2,1H3. The van der Waals surface area contributed by atoms with E-state index in [-0.39, 0.29) is 6.61 Å². The van der Waals surface area contributed by atoms with Gasteiger partial charge < -0.3 is 14.8 Å². The monoisotopic (exact) mass is 487 g/mol. The molecule has 0 aliphatic heterocycles. The Balaban J connectivity index is 1.78. The summed E-state index contributed by atoms with van der Waals surface area (Å²) in [6, 6.07) is 12.8. The van der Waals surface area contributed by atoms with Crippen LogP contribution >= 0.6 is 46.4 Å². The van der Waals surface area contributed by atoms with Crippen molar-refractivity contribution < 1.29 is 13.9 Å². The summed E-state index contributed by atoms with van der Waals surface area (Å²) in [7, 11) is 0. The van der Waals surface area contributed by atoms with E-state index in [9.17, 15) is 4.39 Å². The molecule has 0 bridgehead atoms. The Hall–Kier alpha value is -1.85. The van der Waals surface area contributed by atoms with Crippen LogP contribution in [0.15, 0.2) is 48.5 Å². The summed E-state index contributed by atoms with van der Waals surface area (Å²) in [5.74, 6) is 0.597. The fourth-order valence-electron chi connectivity index (χ4n) is 2.71. The molecule has 0 spiro atoms. The second-order valence-corrected chi connectivity index (χ2v) is 7.98. The molecule has 0 unspecified atom stereocenters. The van der Waals surface area contributed by atoms with Gasteiger partial charge in [0.25, 0.3) is 0 Å². The number of ether oxygens (including phenoxy) is 2. The van der Waals surface area contributed by atoms with Gasteiger partial charge in [0.15, 0.2) is 11.5 Å². The molecule has 0 heterocycles. The van der Waals surface area contributed by atoms with Gasteiger partial charge in [0.1, 0.15) is 12.4 Å². The van der Waals surface area contributed by atoms with Crippen molar-refractivity contribution >= 4 is 52.1 Å². The molecule has 3 nitrogen and oxygen atoms in total. The van der Waals surface area contributed by atoms with E-state index in [1.807, 2.05) is 6.92 Å². The number of rotatable bonds is 8. The zero-order valence-electron chi connectivity index (χ0n) is 15.9.